The Balaban J connectivity index is 1.74. The highest BCUT2D eigenvalue weighted by Gasteiger charge is 2.35. The van der Waals surface area contributed by atoms with Gasteiger partial charge in [-0.15, -0.1) is 0 Å². The summed E-state index contributed by atoms with van der Waals surface area (Å²) >= 11 is 0. The fourth-order valence-corrected chi connectivity index (χ4v) is 3.05. The average molecular weight is 343 g/mol. The fraction of sp³-hybridized carbons (Fsp3) is 0.368. The molecule has 1 aliphatic rings. The molecule has 25 heavy (non-hydrogen) atoms. The number of rotatable bonds is 3. The molecule has 6 heteroatoms. The number of hydrogen-bond acceptors (Lipinski definition) is 3. The van der Waals surface area contributed by atoms with Crippen molar-refractivity contribution in [1.29, 1.82) is 0 Å². The van der Waals surface area contributed by atoms with Crippen molar-refractivity contribution in [2.75, 3.05) is 7.05 Å². The molecule has 0 bridgehead atoms. The number of fused-ring (bicyclic) bond motifs is 1. The van der Waals surface area contributed by atoms with Gasteiger partial charge in [0.25, 0.3) is 0 Å². The van der Waals surface area contributed by atoms with E-state index in [4.69, 9.17) is 4.74 Å². The minimum Gasteiger partial charge on any atom is -0.487 e. The third-order valence-electron chi connectivity index (χ3n) is 4.25. The normalized spacial score (nSPS) is 18.0. The highest BCUT2D eigenvalue weighted by atomic mass is 19.1. The summed E-state index contributed by atoms with van der Waals surface area (Å²) in [5.74, 6) is 0.134. The van der Waals surface area contributed by atoms with E-state index in [1.807, 2.05) is 26.0 Å². The van der Waals surface area contributed by atoms with Gasteiger partial charge in [-0.3, -0.25) is 4.98 Å². The summed E-state index contributed by atoms with van der Waals surface area (Å²) in [6.07, 6.45) is 4.01. The number of aromatic nitrogens is 1. The summed E-state index contributed by atoms with van der Waals surface area (Å²) in [5, 5.41) is 3.04. The largest absolute Gasteiger partial charge is 0.487 e. The van der Waals surface area contributed by atoms with Crippen molar-refractivity contribution < 1.29 is 13.9 Å². The molecule has 5 nitrogen and oxygen atoms in total. The Hall–Kier alpha value is -2.63. The third kappa shape index (κ3) is 4.07. The zero-order valence-corrected chi connectivity index (χ0v) is 14.6. The number of pyridine rings is 1. The van der Waals surface area contributed by atoms with E-state index >= 15 is 0 Å². The van der Waals surface area contributed by atoms with Crippen LogP contribution in [0.4, 0.5) is 9.18 Å². The lowest BCUT2D eigenvalue weighted by Gasteiger charge is -2.38. The smallest absolute Gasteiger partial charge is 0.317 e. The van der Waals surface area contributed by atoms with E-state index in [0.29, 0.717) is 18.7 Å². The first-order valence-corrected chi connectivity index (χ1v) is 8.23. The predicted molar refractivity (Wildman–Crippen MR) is 92.7 cm³/mol. The van der Waals surface area contributed by atoms with E-state index < -0.39 is 5.60 Å². The molecule has 0 saturated carbocycles. The van der Waals surface area contributed by atoms with E-state index in [2.05, 4.69) is 10.3 Å². The van der Waals surface area contributed by atoms with Crippen molar-refractivity contribution in [3.05, 3.63) is 59.7 Å². The zero-order chi connectivity index (χ0) is 18.0. The van der Waals surface area contributed by atoms with Gasteiger partial charge in [-0.1, -0.05) is 6.07 Å². The first-order chi connectivity index (χ1) is 11.8. The maximum Gasteiger partial charge on any atom is 0.317 e. The summed E-state index contributed by atoms with van der Waals surface area (Å²) in [7, 11) is 1.74. The van der Waals surface area contributed by atoms with Crippen LogP contribution in [0, 0.1) is 5.82 Å². The Morgan fingerprint density at radius 1 is 1.36 bits per heavy atom. The van der Waals surface area contributed by atoms with Crippen LogP contribution in [0.5, 0.6) is 5.75 Å². The monoisotopic (exact) mass is 343 g/mol. The van der Waals surface area contributed by atoms with Crippen LogP contribution in [0.3, 0.4) is 0 Å². The molecule has 0 fully saturated rings. The summed E-state index contributed by atoms with van der Waals surface area (Å²) in [5.41, 5.74) is 1.32. The molecule has 1 atom stereocenters. The van der Waals surface area contributed by atoms with E-state index in [-0.39, 0.29) is 17.9 Å². The number of hydrogen-bond donors (Lipinski definition) is 1. The van der Waals surface area contributed by atoms with Crippen LogP contribution in [-0.2, 0) is 6.54 Å². The summed E-state index contributed by atoms with van der Waals surface area (Å²) in [6, 6.07) is 7.77. The van der Waals surface area contributed by atoms with Gasteiger partial charge in [0.1, 0.15) is 17.2 Å². The third-order valence-corrected chi connectivity index (χ3v) is 4.25. The molecule has 0 aliphatic carbocycles. The van der Waals surface area contributed by atoms with Gasteiger partial charge in [0.2, 0.25) is 0 Å². The van der Waals surface area contributed by atoms with Crippen LogP contribution in [0.25, 0.3) is 0 Å². The molecule has 132 valence electrons. The molecule has 1 aromatic carbocycles. The number of nitrogens with one attached hydrogen (secondary N) is 1. The molecule has 2 amide bonds. The lowest BCUT2D eigenvalue weighted by molar-refractivity contribution is 0.0663. The number of nitrogens with zero attached hydrogens (tertiary/aromatic N) is 2. The van der Waals surface area contributed by atoms with Gasteiger partial charge in [-0.25, -0.2) is 9.18 Å². The maximum absolute atomic E-state index is 13.5. The molecule has 1 N–H and O–H groups in total. The van der Waals surface area contributed by atoms with E-state index in [0.717, 1.165) is 11.1 Å². The standard InChI is InChI=1S/C19H22FN3O2/c1-19(2)11-16(15-5-4-14(20)10-17(15)25-19)22-18(24)23(3)12-13-6-8-21-9-7-13/h4-10,16H,11-12H2,1-3H3,(H,22,24)/t16-/m1/s1. The van der Waals surface area contributed by atoms with E-state index in [9.17, 15) is 9.18 Å². The number of amides is 2. The highest BCUT2D eigenvalue weighted by Crippen LogP contribution is 2.39. The van der Waals surface area contributed by atoms with Crippen LogP contribution < -0.4 is 10.1 Å². The number of ether oxygens (including phenoxy) is 1. The topological polar surface area (TPSA) is 54.5 Å². The molecule has 1 aromatic heterocycles. The molecule has 0 unspecified atom stereocenters. The van der Waals surface area contributed by atoms with Crippen molar-refractivity contribution in [3.63, 3.8) is 0 Å². The van der Waals surface area contributed by atoms with Crippen LogP contribution in [0.15, 0.2) is 42.7 Å². The van der Waals surface area contributed by atoms with Crippen LogP contribution in [-0.4, -0.2) is 28.6 Å². The number of halogens is 1. The molecule has 2 heterocycles. The lowest BCUT2D eigenvalue weighted by Crippen LogP contribution is -2.44. The second kappa shape index (κ2) is 6.70. The Bertz CT molecular complexity index is 765. The molecular weight excluding hydrogens is 321 g/mol. The Labute approximate surface area is 146 Å². The number of urea groups is 1. The van der Waals surface area contributed by atoms with Crippen molar-refractivity contribution in [2.45, 2.75) is 38.5 Å². The second-order valence-electron chi connectivity index (χ2n) is 6.96. The lowest BCUT2D eigenvalue weighted by atomic mass is 9.90. The van der Waals surface area contributed by atoms with Crippen LogP contribution in [0.1, 0.15) is 37.4 Å². The molecule has 3 rings (SSSR count). The number of carbonyl (C=O) groups is 1. The summed E-state index contributed by atoms with van der Waals surface area (Å²) in [6.45, 7) is 4.35. The number of carbonyl (C=O) groups excluding carboxylic acids is 1. The average Bonchev–Trinajstić information content (AvgIpc) is 2.54. The fourth-order valence-electron chi connectivity index (χ4n) is 3.05. The zero-order valence-electron chi connectivity index (χ0n) is 14.6. The Kier molecular flexibility index (Phi) is 4.61. The maximum atomic E-state index is 13.5. The summed E-state index contributed by atoms with van der Waals surface area (Å²) in [4.78, 5) is 18.2. The predicted octanol–water partition coefficient (Wildman–Crippen LogP) is 3.66. The number of benzene rings is 1. The molecule has 0 radical (unpaired) electrons. The quantitative estimate of drug-likeness (QED) is 0.925. The van der Waals surface area contributed by atoms with Crippen LogP contribution >= 0.6 is 0 Å². The Morgan fingerprint density at radius 3 is 2.80 bits per heavy atom. The first-order valence-electron chi connectivity index (χ1n) is 8.23. The van der Waals surface area contributed by atoms with E-state index in [1.165, 1.54) is 12.1 Å². The van der Waals surface area contributed by atoms with Gasteiger partial charge in [0.05, 0.1) is 6.04 Å². The molecular formula is C19H22FN3O2. The van der Waals surface area contributed by atoms with Crippen LogP contribution in [0.2, 0.25) is 0 Å². The van der Waals surface area contributed by atoms with Crippen molar-refractivity contribution >= 4 is 6.03 Å². The highest BCUT2D eigenvalue weighted by molar-refractivity contribution is 5.74. The van der Waals surface area contributed by atoms with Gasteiger partial charge >= 0.3 is 6.03 Å². The van der Waals surface area contributed by atoms with Gasteiger partial charge in [0, 0.05) is 44.0 Å². The minimum atomic E-state index is -0.484. The summed E-state index contributed by atoms with van der Waals surface area (Å²) < 4.78 is 19.4. The molecule has 0 spiro atoms. The molecule has 0 saturated heterocycles. The van der Waals surface area contributed by atoms with Crippen molar-refractivity contribution in [3.8, 4) is 5.75 Å². The van der Waals surface area contributed by atoms with Crippen molar-refractivity contribution in [2.24, 2.45) is 0 Å². The second-order valence-corrected chi connectivity index (χ2v) is 6.96. The first kappa shape index (κ1) is 17.2. The minimum absolute atomic E-state index is 0.185. The van der Waals surface area contributed by atoms with Gasteiger partial charge in [-0.2, -0.15) is 0 Å². The van der Waals surface area contributed by atoms with Gasteiger partial charge < -0.3 is 15.0 Å². The van der Waals surface area contributed by atoms with Gasteiger partial charge in [0.15, 0.2) is 0 Å². The Morgan fingerprint density at radius 2 is 2.08 bits per heavy atom. The van der Waals surface area contributed by atoms with Crippen molar-refractivity contribution in [1.82, 2.24) is 15.2 Å². The van der Waals surface area contributed by atoms with Gasteiger partial charge in [-0.05, 0) is 37.6 Å². The van der Waals surface area contributed by atoms with E-state index in [1.54, 1.807) is 30.4 Å². The molecule has 1 aliphatic heterocycles. The molecule has 2 aromatic rings. The SMILES string of the molecule is CN(Cc1ccncc1)C(=O)N[C@@H]1CC(C)(C)Oc2cc(F)ccc21.